The molecule has 3 aliphatic carbocycles. The van der Waals surface area contributed by atoms with Crippen molar-refractivity contribution in [1.82, 2.24) is 0 Å². The first-order valence-electron chi connectivity index (χ1n) is 12.6. The zero-order valence-electron chi connectivity index (χ0n) is 20.5. The van der Waals surface area contributed by atoms with Crippen LogP contribution in [0, 0.1) is 5.92 Å². The molecule has 0 aromatic heterocycles. The maximum absolute atomic E-state index is 2.62. The summed E-state index contributed by atoms with van der Waals surface area (Å²) in [4.78, 5) is 0. The van der Waals surface area contributed by atoms with Gasteiger partial charge in [-0.25, -0.2) is 0 Å². The van der Waals surface area contributed by atoms with Crippen LogP contribution >= 0.6 is 15.8 Å². The molecule has 2 heteroatoms. The van der Waals surface area contributed by atoms with Gasteiger partial charge in [0.2, 0.25) is 0 Å². The zero-order chi connectivity index (χ0) is 21.2. The first-order chi connectivity index (χ1) is 13.6. The van der Waals surface area contributed by atoms with E-state index in [0.29, 0.717) is 10.3 Å². The van der Waals surface area contributed by atoms with Crippen LogP contribution in [0.5, 0.6) is 0 Å². The Bertz CT molecular complexity index is 545. The van der Waals surface area contributed by atoms with Gasteiger partial charge < -0.3 is 0 Å². The first-order valence-corrected chi connectivity index (χ1v) is 15.5. The summed E-state index contributed by atoms with van der Waals surface area (Å²) in [6.45, 7) is 17.7. The van der Waals surface area contributed by atoms with Crippen LogP contribution in [0.15, 0.2) is 23.5 Å². The highest BCUT2D eigenvalue weighted by Gasteiger charge is 2.44. The van der Waals surface area contributed by atoms with Crippen molar-refractivity contribution in [3.63, 3.8) is 0 Å². The molecule has 0 aromatic rings. The summed E-state index contributed by atoms with van der Waals surface area (Å²) in [6, 6.07) is 0. The Hall–Kier alpha value is 0.340. The van der Waals surface area contributed by atoms with Crippen LogP contribution < -0.4 is 0 Å². The maximum atomic E-state index is 2.62. The van der Waals surface area contributed by atoms with E-state index in [1.807, 2.05) is 5.31 Å². The highest BCUT2D eigenvalue weighted by Crippen LogP contribution is 2.69. The lowest BCUT2D eigenvalue weighted by atomic mass is 9.99. The lowest BCUT2D eigenvalue weighted by Gasteiger charge is -2.49. The van der Waals surface area contributed by atoms with Crippen LogP contribution in [0.25, 0.3) is 0 Å². The Morgan fingerprint density at radius 2 is 1.21 bits per heavy atom. The molecule has 0 saturated heterocycles. The molecule has 3 aliphatic rings. The van der Waals surface area contributed by atoms with Crippen LogP contribution in [-0.4, -0.2) is 27.3 Å². The van der Waals surface area contributed by atoms with Gasteiger partial charge in [0.15, 0.2) is 0 Å². The van der Waals surface area contributed by atoms with Gasteiger partial charge in [0, 0.05) is 5.92 Å². The summed E-state index contributed by atoms with van der Waals surface area (Å²) < 4.78 is 0. The normalized spacial score (nSPS) is 26.4. The fourth-order valence-electron chi connectivity index (χ4n) is 6.98. The van der Waals surface area contributed by atoms with Gasteiger partial charge in [-0.15, -0.1) is 0 Å². The molecule has 3 rings (SSSR count). The smallest absolute Gasteiger partial charge is 0.00910 e. The minimum absolute atomic E-state index is 0.0426. The number of hydrogen-bond donors (Lipinski definition) is 0. The molecule has 1 unspecified atom stereocenters. The topological polar surface area (TPSA) is 0 Å². The van der Waals surface area contributed by atoms with Crippen molar-refractivity contribution in [1.29, 1.82) is 0 Å². The van der Waals surface area contributed by atoms with Gasteiger partial charge in [0.05, 0.1) is 0 Å². The Morgan fingerprint density at radius 3 is 1.62 bits per heavy atom. The lowest BCUT2D eigenvalue weighted by Crippen LogP contribution is -2.34. The van der Waals surface area contributed by atoms with Crippen molar-refractivity contribution < 1.29 is 0 Å². The molecule has 0 nitrogen and oxygen atoms in total. The molecule has 0 bridgehead atoms. The summed E-state index contributed by atoms with van der Waals surface area (Å²) in [6.07, 6.45) is 22.7. The Labute approximate surface area is 185 Å². The zero-order valence-corrected chi connectivity index (χ0v) is 22.3. The minimum Gasteiger partial charge on any atom is -0.0918 e. The van der Waals surface area contributed by atoms with Crippen LogP contribution in [0.4, 0.5) is 0 Å². The Morgan fingerprint density at radius 1 is 0.759 bits per heavy atom. The molecular weight excluding hydrogens is 386 g/mol. The molecule has 166 valence electrons. The van der Waals surface area contributed by atoms with E-state index in [9.17, 15) is 0 Å². The number of allylic oxidation sites excluding steroid dienone is 4. The van der Waals surface area contributed by atoms with E-state index in [1.165, 1.54) is 64.2 Å². The summed E-state index contributed by atoms with van der Waals surface area (Å²) >= 11 is 0. The number of hydrogen-bond acceptors (Lipinski definition) is 0. The Balaban J connectivity index is 1.89. The molecule has 2 saturated carbocycles. The van der Waals surface area contributed by atoms with E-state index in [2.05, 4.69) is 66.7 Å². The molecule has 0 amide bonds. The van der Waals surface area contributed by atoms with Gasteiger partial charge in [0.25, 0.3) is 0 Å². The van der Waals surface area contributed by atoms with Gasteiger partial charge in [-0.3, -0.25) is 0 Å². The predicted octanol–water partition coefficient (Wildman–Crippen LogP) is 9.67. The molecule has 0 heterocycles. The second kappa shape index (κ2) is 9.86. The van der Waals surface area contributed by atoms with E-state index in [-0.39, 0.29) is 15.8 Å². The molecule has 0 aromatic carbocycles. The molecule has 0 N–H and O–H groups in total. The second-order valence-electron chi connectivity index (χ2n) is 11.9. The highest BCUT2D eigenvalue weighted by atomic mass is 31.1. The quantitative estimate of drug-likeness (QED) is 0.378. The minimum atomic E-state index is -0.0830. The third-order valence-corrected chi connectivity index (χ3v) is 15.2. The summed E-state index contributed by atoms with van der Waals surface area (Å²) in [5.74, 6) is 0.717. The van der Waals surface area contributed by atoms with Gasteiger partial charge in [-0.2, -0.15) is 0 Å². The Kier molecular flexibility index (Phi) is 8.16. The lowest BCUT2D eigenvalue weighted by molar-refractivity contribution is 0.484. The number of rotatable bonds is 5. The maximum Gasteiger partial charge on any atom is 0.00910 e. The largest absolute Gasteiger partial charge is 0.0918 e. The molecule has 2 atom stereocenters. The summed E-state index contributed by atoms with van der Waals surface area (Å²) in [5, 5.41) is 2.74. The fourth-order valence-corrected chi connectivity index (χ4v) is 16.3. The monoisotopic (exact) mass is 434 g/mol. The highest BCUT2D eigenvalue weighted by molar-refractivity contribution is 7.64. The van der Waals surface area contributed by atoms with Gasteiger partial charge in [-0.05, 0) is 58.3 Å². The van der Waals surface area contributed by atoms with Crippen molar-refractivity contribution >= 4 is 15.8 Å². The van der Waals surface area contributed by atoms with E-state index >= 15 is 0 Å². The summed E-state index contributed by atoms with van der Waals surface area (Å²) in [7, 11) is -0.0403. The van der Waals surface area contributed by atoms with Gasteiger partial charge in [-0.1, -0.05) is 121 Å². The van der Waals surface area contributed by atoms with Crippen molar-refractivity contribution in [2.45, 2.75) is 140 Å². The van der Waals surface area contributed by atoms with E-state index in [0.717, 1.165) is 22.9 Å². The van der Waals surface area contributed by atoms with Gasteiger partial charge >= 0.3 is 0 Å². The molecular formula is C27H48P2. The van der Waals surface area contributed by atoms with Crippen LogP contribution in [-0.2, 0) is 0 Å². The van der Waals surface area contributed by atoms with Crippen molar-refractivity contribution in [3.8, 4) is 0 Å². The van der Waals surface area contributed by atoms with E-state index in [4.69, 9.17) is 0 Å². The molecule has 0 radical (unpaired) electrons. The molecule has 2 fully saturated rings. The summed E-state index contributed by atoms with van der Waals surface area (Å²) in [5.41, 5.74) is 2.84. The average molecular weight is 435 g/mol. The predicted molar refractivity (Wildman–Crippen MR) is 137 cm³/mol. The van der Waals surface area contributed by atoms with E-state index in [1.54, 1.807) is 0 Å². The third kappa shape index (κ3) is 5.78. The van der Waals surface area contributed by atoms with Crippen molar-refractivity contribution in [3.05, 3.63) is 23.5 Å². The van der Waals surface area contributed by atoms with Crippen molar-refractivity contribution in [2.75, 3.05) is 0 Å². The second-order valence-corrected chi connectivity index (χ2v) is 19.0. The SMILES string of the molecule is C[C@H](C1C=CC=C1P(C1CCCCC1)C1CCCCC1)P(C(C)(C)C)C(C)(C)C. The molecule has 0 aliphatic heterocycles. The van der Waals surface area contributed by atoms with Crippen LogP contribution in [0.3, 0.4) is 0 Å². The standard InChI is InChI=1S/C27H48P2/c1-21(29(26(2,3)4)27(5,6)7)24-19-14-20-25(24)28(22-15-10-8-11-16-22)23-17-12-9-13-18-23/h14,19-24H,8-13,15-18H2,1-7H3/t21-,24?/m1/s1. The molecule has 0 spiro atoms. The van der Waals surface area contributed by atoms with E-state index < -0.39 is 0 Å². The van der Waals surface area contributed by atoms with Crippen LogP contribution in [0.2, 0.25) is 0 Å². The van der Waals surface area contributed by atoms with Crippen LogP contribution in [0.1, 0.15) is 113 Å². The van der Waals surface area contributed by atoms with Gasteiger partial charge in [0.1, 0.15) is 0 Å². The molecule has 29 heavy (non-hydrogen) atoms. The van der Waals surface area contributed by atoms with Crippen molar-refractivity contribution in [2.24, 2.45) is 5.92 Å². The average Bonchev–Trinajstić information content (AvgIpc) is 3.11. The third-order valence-electron chi connectivity index (χ3n) is 7.53. The first kappa shape index (κ1) is 24.0. The fraction of sp³-hybridized carbons (Fsp3) is 0.852.